The van der Waals surface area contributed by atoms with Crippen molar-refractivity contribution in [3.63, 3.8) is 0 Å². The Balaban J connectivity index is 1.66. The zero-order valence-corrected chi connectivity index (χ0v) is 15.2. The number of nitrogens with one attached hydrogen (secondary N) is 1. The van der Waals surface area contributed by atoms with Gasteiger partial charge in [-0.1, -0.05) is 29.8 Å². The Bertz CT molecular complexity index is 825. The zero-order valence-electron chi connectivity index (χ0n) is 14.5. The van der Waals surface area contributed by atoms with Crippen LogP contribution in [0.1, 0.15) is 12.5 Å². The number of imide groups is 1. The van der Waals surface area contributed by atoms with Gasteiger partial charge in [-0.25, -0.2) is 4.79 Å². The van der Waals surface area contributed by atoms with E-state index in [2.05, 4.69) is 5.32 Å². The largest absolute Gasteiger partial charge is 0.497 e. The summed E-state index contributed by atoms with van der Waals surface area (Å²) in [5, 5.41) is 3.16. The highest BCUT2D eigenvalue weighted by atomic mass is 35.5. The van der Waals surface area contributed by atoms with Gasteiger partial charge in [0, 0.05) is 10.6 Å². The van der Waals surface area contributed by atoms with Crippen LogP contribution in [0.3, 0.4) is 0 Å². The van der Waals surface area contributed by atoms with Gasteiger partial charge >= 0.3 is 6.03 Å². The second kappa shape index (κ2) is 7.25. The Kier molecular flexibility index (Phi) is 5.04. The molecule has 1 N–H and O–H groups in total. The first kappa shape index (κ1) is 18.1. The van der Waals surface area contributed by atoms with Crippen LogP contribution in [0.4, 0.5) is 4.79 Å². The standard InChI is InChI=1S/C19H19ClN2O4/c1-19(15-5-3-4-6-16(15)20)17(23)22(18(24)21-19)11-12-26-14-9-7-13(25-2)8-10-14/h3-10H,11-12H2,1-2H3,(H,21,24)/t19-/m0/s1. The van der Waals surface area contributed by atoms with Gasteiger partial charge < -0.3 is 14.8 Å². The lowest BCUT2D eigenvalue weighted by atomic mass is 9.92. The SMILES string of the molecule is COc1ccc(OCCN2C(=O)N[C@@](C)(c3ccccc3Cl)C2=O)cc1. The molecule has 1 fully saturated rings. The summed E-state index contributed by atoms with van der Waals surface area (Å²) in [7, 11) is 1.59. The van der Waals surface area contributed by atoms with Crippen molar-refractivity contribution >= 4 is 23.5 Å². The number of ether oxygens (including phenoxy) is 2. The van der Waals surface area contributed by atoms with Crippen molar-refractivity contribution in [1.29, 1.82) is 0 Å². The van der Waals surface area contributed by atoms with Crippen LogP contribution in [0.2, 0.25) is 5.02 Å². The van der Waals surface area contributed by atoms with E-state index in [0.29, 0.717) is 16.3 Å². The molecule has 2 aromatic rings. The van der Waals surface area contributed by atoms with Crippen LogP contribution in [-0.4, -0.2) is 37.1 Å². The summed E-state index contributed by atoms with van der Waals surface area (Å²) in [4.78, 5) is 26.3. The smallest absolute Gasteiger partial charge is 0.325 e. The summed E-state index contributed by atoms with van der Waals surface area (Å²) in [6.45, 7) is 1.97. The Morgan fingerprint density at radius 2 is 1.73 bits per heavy atom. The molecule has 1 saturated heterocycles. The number of nitrogens with zero attached hydrogens (tertiary/aromatic N) is 1. The van der Waals surface area contributed by atoms with Crippen LogP contribution >= 0.6 is 11.6 Å². The molecule has 6 nitrogen and oxygen atoms in total. The maximum absolute atomic E-state index is 12.8. The van der Waals surface area contributed by atoms with Gasteiger partial charge in [-0.15, -0.1) is 0 Å². The van der Waals surface area contributed by atoms with Crippen molar-refractivity contribution in [2.24, 2.45) is 0 Å². The molecule has 3 amide bonds. The molecule has 0 saturated carbocycles. The molecule has 0 radical (unpaired) electrons. The van der Waals surface area contributed by atoms with Gasteiger partial charge in [-0.2, -0.15) is 0 Å². The minimum atomic E-state index is -1.18. The van der Waals surface area contributed by atoms with E-state index in [-0.39, 0.29) is 19.1 Å². The number of hydrogen-bond donors (Lipinski definition) is 1. The lowest BCUT2D eigenvalue weighted by Gasteiger charge is -2.23. The van der Waals surface area contributed by atoms with Gasteiger partial charge in [0.2, 0.25) is 0 Å². The van der Waals surface area contributed by atoms with Crippen molar-refractivity contribution in [2.45, 2.75) is 12.5 Å². The fourth-order valence-electron chi connectivity index (χ4n) is 2.88. The van der Waals surface area contributed by atoms with Gasteiger partial charge in [0.1, 0.15) is 23.6 Å². The van der Waals surface area contributed by atoms with Gasteiger partial charge in [0.15, 0.2) is 0 Å². The Morgan fingerprint density at radius 3 is 2.38 bits per heavy atom. The van der Waals surface area contributed by atoms with Crippen molar-refractivity contribution in [2.75, 3.05) is 20.3 Å². The van der Waals surface area contributed by atoms with Crippen molar-refractivity contribution in [1.82, 2.24) is 10.2 Å². The fourth-order valence-corrected chi connectivity index (χ4v) is 3.20. The number of halogens is 1. The van der Waals surface area contributed by atoms with E-state index in [9.17, 15) is 9.59 Å². The lowest BCUT2D eigenvalue weighted by molar-refractivity contribution is -0.131. The van der Waals surface area contributed by atoms with Gasteiger partial charge in [-0.3, -0.25) is 9.69 Å². The van der Waals surface area contributed by atoms with Gasteiger partial charge in [0.25, 0.3) is 5.91 Å². The molecule has 0 bridgehead atoms. The lowest BCUT2D eigenvalue weighted by Crippen LogP contribution is -2.41. The van der Waals surface area contributed by atoms with E-state index in [1.807, 2.05) is 0 Å². The van der Waals surface area contributed by atoms with Gasteiger partial charge in [-0.05, 0) is 37.3 Å². The zero-order chi connectivity index (χ0) is 18.7. The molecule has 0 unspecified atom stereocenters. The second-order valence-electron chi connectivity index (χ2n) is 6.02. The van der Waals surface area contributed by atoms with Crippen LogP contribution < -0.4 is 14.8 Å². The van der Waals surface area contributed by atoms with Gasteiger partial charge in [0.05, 0.1) is 13.7 Å². The Morgan fingerprint density at radius 1 is 1.08 bits per heavy atom. The molecule has 0 aliphatic carbocycles. The summed E-state index contributed by atoms with van der Waals surface area (Å²) < 4.78 is 10.7. The van der Waals surface area contributed by atoms with E-state index < -0.39 is 11.6 Å². The molecule has 7 heteroatoms. The summed E-state index contributed by atoms with van der Waals surface area (Å²) in [6.07, 6.45) is 0. The molecule has 3 rings (SSSR count). The van der Waals surface area contributed by atoms with Crippen LogP contribution in [0.5, 0.6) is 11.5 Å². The molecule has 26 heavy (non-hydrogen) atoms. The van der Waals surface area contributed by atoms with E-state index >= 15 is 0 Å². The summed E-state index contributed by atoms with van der Waals surface area (Å²) in [5.74, 6) is 1.00. The highest BCUT2D eigenvalue weighted by molar-refractivity contribution is 6.32. The number of benzene rings is 2. The van der Waals surface area contributed by atoms with Crippen LogP contribution in [0.15, 0.2) is 48.5 Å². The molecule has 1 aliphatic rings. The molecule has 1 aliphatic heterocycles. The maximum Gasteiger partial charge on any atom is 0.325 e. The maximum atomic E-state index is 12.8. The van der Waals surface area contributed by atoms with Crippen LogP contribution in [0.25, 0.3) is 0 Å². The molecule has 136 valence electrons. The number of hydrogen-bond acceptors (Lipinski definition) is 4. The van der Waals surface area contributed by atoms with E-state index in [4.69, 9.17) is 21.1 Å². The summed E-state index contributed by atoms with van der Waals surface area (Å²) in [5.41, 5.74) is -0.617. The third-order valence-electron chi connectivity index (χ3n) is 4.33. The number of carbonyl (C=O) groups is 2. The summed E-state index contributed by atoms with van der Waals surface area (Å²) in [6, 6.07) is 13.6. The number of amides is 3. The van der Waals surface area contributed by atoms with Crippen LogP contribution in [-0.2, 0) is 10.3 Å². The van der Waals surface area contributed by atoms with E-state index in [0.717, 1.165) is 10.6 Å². The third-order valence-corrected chi connectivity index (χ3v) is 4.66. The van der Waals surface area contributed by atoms with E-state index in [1.165, 1.54) is 0 Å². The predicted molar refractivity (Wildman–Crippen MR) is 97.5 cm³/mol. The van der Waals surface area contributed by atoms with Crippen molar-refractivity contribution in [3.8, 4) is 11.5 Å². The first-order chi connectivity index (χ1) is 12.5. The first-order valence-corrected chi connectivity index (χ1v) is 8.49. The van der Waals surface area contributed by atoms with E-state index in [1.54, 1.807) is 62.6 Å². The minimum Gasteiger partial charge on any atom is -0.497 e. The molecule has 1 heterocycles. The number of carbonyl (C=O) groups excluding carboxylic acids is 2. The number of rotatable bonds is 6. The molecule has 0 aromatic heterocycles. The number of methoxy groups -OCH3 is 1. The van der Waals surface area contributed by atoms with Crippen molar-refractivity contribution < 1.29 is 19.1 Å². The second-order valence-corrected chi connectivity index (χ2v) is 6.42. The fraction of sp³-hybridized carbons (Fsp3) is 0.263. The molecule has 0 spiro atoms. The van der Waals surface area contributed by atoms with Crippen molar-refractivity contribution in [3.05, 3.63) is 59.1 Å². The highest BCUT2D eigenvalue weighted by Crippen LogP contribution is 2.33. The monoisotopic (exact) mass is 374 g/mol. The predicted octanol–water partition coefficient (Wildman–Crippen LogP) is 3.19. The first-order valence-electron chi connectivity index (χ1n) is 8.11. The molecule has 1 atom stereocenters. The number of urea groups is 1. The molecular weight excluding hydrogens is 356 g/mol. The highest BCUT2D eigenvalue weighted by Gasteiger charge is 2.49. The molecular formula is C19H19ClN2O4. The third kappa shape index (κ3) is 3.32. The quantitative estimate of drug-likeness (QED) is 0.788. The summed E-state index contributed by atoms with van der Waals surface area (Å²) >= 11 is 6.21. The minimum absolute atomic E-state index is 0.136. The average Bonchev–Trinajstić information content (AvgIpc) is 2.86. The Labute approximate surface area is 156 Å². The topological polar surface area (TPSA) is 67.9 Å². The average molecular weight is 375 g/mol. The normalized spacial score (nSPS) is 19.4. The molecule has 2 aromatic carbocycles. The Hall–Kier alpha value is -2.73. The van der Waals surface area contributed by atoms with Crippen LogP contribution in [0, 0.1) is 0 Å².